The maximum Gasteiger partial charge on any atom is 0.407 e. The first-order valence-electron chi connectivity index (χ1n) is 10.6. The zero-order valence-corrected chi connectivity index (χ0v) is 20.2. The van der Waals surface area contributed by atoms with E-state index in [-0.39, 0.29) is 46.0 Å². The maximum absolute atomic E-state index is 12.6. The number of carboxylic acid groups (broad SMARTS) is 2. The summed E-state index contributed by atoms with van der Waals surface area (Å²) in [6.07, 6.45) is -10.5. The average molecular weight is 587 g/mol. The highest BCUT2D eigenvalue weighted by Crippen LogP contribution is 2.80. The van der Waals surface area contributed by atoms with Crippen LogP contribution in [0, 0.1) is 21.7 Å². The van der Waals surface area contributed by atoms with Gasteiger partial charge in [0.2, 0.25) is 0 Å². The molecule has 0 heterocycles. The van der Waals surface area contributed by atoms with Gasteiger partial charge >= 0.3 is 35.8 Å². The number of halogens is 7. The van der Waals surface area contributed by atoms with Crippen LogP contribution in [0.2, 0.25) is 0 Å². The molecule has 0 aromatic rings. The SMILES string of the molecule is C.COC(=O)Cl.COC(=O)N[C@H](C(=O)O)C12CC(C(F)(F)F)(C1)C2.N[C@H](C(=O)O)C12CC(C(F)(F)F)(C1)C2. The summed E-state index contributed by atoms with van der Waals surface area (Å²) in [5.74, 6) is -2.55. The number of carboxylic acids is 2. The molecule has 17 heteroatoms. The average Bonchev–Trinajstić information content (AvgIpc) is 2.61. The Morgan fingerprint density at radius 1 is 0.816 bits per heavy atom. The normalized spacial score (nSPS) is 33.0. The Labute approximate surface area is 218 Å². The molecule has 38 heavy (non-hydrogen) atoms. The van der Waals surface area contributed by atoms with Crippen LogP contribution in [0.15, 0.2) is 0 Å². The minimum absolute atomic E-state index is 0. The molecule has 4 bridgehead atoms. The van der Waals surface area contributed by atoms with Crippen molar-refractivity contribution in [2.24, 2.45) is 27.4 Å². The number of carbonyl (C=O) groups is 4. The first-order chi connectivity index (χ1) is 16.7. The lowest BCUT2D eigenvalue weighted by molar-refractivity contribution is -0.367. The number of alkyl carbamates (subject to hydrolysis) is 1. The van der Waals surface area contributed by atoms with Crippen LogP contribution in [0.5, 0.6) is 0 Å². The van der Waals surface area contributed by atoms with Gasteiger partial charge in [0, 0.05) is 17.0 Å². The molecule has 6 saturated carbocycles. The van der Waals surface area contributed by atoms with Crippen molar-refractivity contribution in [2.75, 3.05) is 14.2 Å². The van der Waals surface area contributed by atoms with E-state index in [1.54, 1.807) is 0 Å². The van der Waals surface area contributed by atoms with Crippen LogP contribution in [0.4, 0.5) is 35.9 Å². The van der Waals surface area contributed by atoms with Crippen molar-refractivity contribution in [1.82, 2.24) is 5.32 Å². The zero-order chi connectivity index (χ0) is 28.8. The van der Waals surface area contributed by atoms with Crippen LogP contribution < -0.4 is 11.1 Å². The van der Waals surface area contributed by atoms with Crippen molar-refractivity contribution in [3.63, 3.8) is 0 Å². The summed E-state index contributed by atoms with van der Waals surface area (Å²) < 4.78 is 83.1. The Bertz CT molecular complexity index is 917. The summed E-state index contributed by atoms with van der Waals surface area (Å²) >= 11 is 4.60. The first kappa shape index (κ1) is 33.5. The third kappa shape index (κ3) is 5.60. The molecule has 0 saturated heterocycles. The number of carbonyl (C=O) groups excluding carboxylic acids is 2. The summed E-state index contributed by atoms with van der Waals surface area (Å²) in [6.45, 7) is 0. The Kier molecular flexibility index (Phi) is 9.34. The number of methoxy groups -OCH3 is 2. The monoisotopic (exact) mass is 586 g/mol. The quantitative estimate of drug-likeness (QED) is 0.272. The fraction of sp³-hybridized carbons (Fsp3) is 0.810. The summed E-state index contributed by atoms with van der Waals surface area (Å²) in [5.41, 5.74) is -0.546. The van der Waals surface area contributed by atoms with E-state index in [4.69, 9.17) is 15.9 Å². The highest BCUT2D eigenvalue weighted by molar-refractivity contribution is 6.61. The highest BCUT2D eigenvalue weighted by atomic mass is 35.5. The summed E-state index contributed by atoms with van der Waals surface area (Å²) in [4.78, 5) is 41.9. The van der Waals surface area contributed by atoms with Crippen molar-refractivity contribution in [2.45, 2.75) is 70.4 Å². The van der Waals surface area contributed by atoms with Crippen molar-refractivity contribution in [3.05, 3.63) is 0 Å². The Morgan fingerprint density at radius 2 is 1.16 bits per heavy atom. The van der Waals surface area contributed by atoms with Crippen LogP contribution in [0.1, 0.15) is 46.0 Å². The lowest BCUT2D eigenvalue weighted by Gasteiger charge is -2.71. The van der Waals surface area contributed by atoms with Crippen molar-refractivity contribution in [3.8, 4) is 0 Å². The van der Waals surface area contributed by atoms with Crippen LogP contribution in [0.25, 0.3) is 0 Å². The minimum Gasteiger partial charge on any atom is -0.480 e. The van der Waals surface area contributed by atoms with Gasteiger partial charge in [-0.25, -0.2) is 14.4 Å². The van der Waals surface area contributed by atoms with E-state index >= 15 is 0 Å². The van der Waals surface area contributed by atoms with Crippen LogP contribution in [-0.2, 0) is 19.1 Å². The molecule has 220 valence electrons. The molecule has 5 N–H and O–H groups in total. The summed E-state index contributed by atoms with van der Waals surface area (Å²) in [5, 5.41) is 19.7. The molecule has 2 atom stereocenters. The molecule has 6 aliphatic rings. The van der Waals surface area contributed by atoms with E-state index in [1.165, 1.54) is 7.11 Å². The first-order valence-corrected chi connectivity index (χ1v) is 11.0. The van der Waals surface area contributed by atoms with Crippen LogP contribution in [0.3, 0.4) is 0 Å². The molecule has 6 aliphatic carbocycles. The Balaban J connectivity index is 0.000000322. The van der Waals surface area contributed by atoms with Gasteiger partial charge < -0.3 is 30.7 Å². The molecular formula is C21H29ClF6N2O8. The van der Waals surface area contributed by atoms with Gasteiger partial charge in [-0.3, -0.25) is 4.79 Å². The van der Waals surface area contributed by atoms with Gasteiger partial charge in [-0.1, -0.05) is 7.43 Å². The van der Waals surface area contributed by atoms with Gasteiger partial charge in [-0.05, 0) is 43.9 Å². The van der Waals surface area contributed by atoms with Gasteiger partial charge in [-0.2, -0.15) is 26.3 Å². The smallest absolute Gasteiger partial charge is 0.407 e. The summed E-state index contributed by atoms with van der Waals surface area (Å²) in [6, 6.07) is -2.47. The number of nitrogens with two attached hydrogens (primary N) is 1. The minimum atomic E-state index is -4.30. The zero-order valence-electron chi connectivity index (χ0n) is 19.5. The Hall–Kier alpha value is -2.49. The number of amides is 1. The number of alkyl halides is 6. The second-order valence-electron chi connectivity index (χ2n) is 10.0. The molecule has 10 nitrogen and oxygen atoms in total. The lowest BCUT2D eigenvalue weighted by Crippen LogP contribution is -2.75. The fourth-order valence-electron chi connectivity index (χ4n) is 5.89. The topological polar surface area (TPSA) is 165 Å². The molecule has 0 unspecified atom stereocenters. The molecular weight excluding hydrogens is 558 g/mol. The number of rotatable bonds is 5. The number of nitrogens with one attached hydrogen (secondary N) is 1. The van der Waals surface area contributed by atoms with Gasteiger partial charge in [-0.15, -0.1) is 0 Å². The predicted octanol–water partition coefficient (Wildman–Crippen LogP) is 4.29. The Morgan fingerprint density at radius 3 is 1.39 bits per heavy atom. The third-order valence-corrected chi connectivity index (χ3v) is 7.89. The fourth-order valence-corrected chi connectivity index (χ4v) is 5.89. The van der Waals surface area contributed by atoms with E-state index in [0.29, 0.717) is 0 Å². The van der Waals surface area contributed by atoms with E-state index < -0.39 is 69.6 Å². The van der Waals surface area contributed by atoms with Gasteiger partial charge in [0.05, 0.1) is 25.0 Å². The molecule has 1 amide bonds. The predicted molar refractivity (Wildman–Crippen MR) is 117 cm³/mol. The lowest BCUT2D eigenvalue weighted by atomic mass is 9.33. The molecule has 6 fully saturated rings. The largest absolute Gasteiger partial charge is 0.480 e. The molecule has 0 aromatic carbocycles. The molecule has 0 aromatic heterocycles. The van der Waals surface area contributed by atoms with Crippen molar-refractivity contribution < 1.29 is 65.2 Å². The van der Waals surface area contributed by atoms with E-state index in [1.807, 2.05) is 0 Å². The van der Waals surface area contributed by atoms with Crippen molar-refractivity contribution in [1.29, 1.82) is 0 Å². The van der Waals surface area contributed by atoms with E-state index in [9.17, 15) is 45.5 Å². The van der Waals surface area contributed by atoms with Crippen LogP contribution >= 0.6 is 11.6 Å². The molecule has 0 radical (unpaired) electrons. The van der Waals surface area contributed by atoms with Crippen molar-refractivity contribution >= 4 is 35.1 Å². The maximum atomic E-state index is 12.6. The van der Waals surface area contributed by atoms with Crippen LogP contribution in [-0.4, -0.2) is 72.3 Å². The van der Waals surface area contributed by atoms with E-state index in [0.717, 1.165) is 7.11 Å². The second kappa shape index (κ2) is 10.6. The number of hydrogen-bond donors (Lipinski definition) is 4. The van der Waals surface area contributed by atoms with Gasteiger partial charge in [0.15, 0.2) is 0 Å². The van der Waals surface area contributed by atoms with Gasteiger partial charge in [0.25, 0.3) is 0 Å². The second-order valence-corrected chi connectivity index (χ2v) is 10.3. The highest BCUT2D eigenvalue weighted by Gasteiger charge is 2.81. The molecule has 0 aliphatic heterocycles. The standard InChI is InChI=1S/C10H12F3NO4.C8H10F3NO2.C2H3ClO2.CH4/c1-18-7(17)14-5(6(15)16)8-2-9(3-8,4-8)10(11,12)13;9-8(10,11)7-1-6(2-7,3-7)4(12)5(13)14;1-5-2(3)4;/h5H,2-4H2,1H3,(H,14,17)(H,15,16);4H,1-3,12H2,(H,13,14);1H3;1H4/t5-,8?,9?;4-,6?,7?;;/m11../s1. The number of ether oxygens (including phenoxy) is 2. The summed E-state index contributed by atoms with van der Waals surface area (Å²) in [7, 11) is 2.28. The van der Waals surface area contributed by atoms with Gasteiger partial charge in [0.1, 0.15) is 12.1 Å². The number of aliphatic carboxylic acids is 2. The van der Waals surface area contributed by atoms with E-state index in [2.05, 4.69) is 26.4 Å². The molecule has 6 rings (SSSR count). The molecule has 0 spiro atoms. The number of hydrogen-bond acceptors (Lipinski definition) is 7. The third-order valence-electron chi connectivity index (χ3n) is 7.74.